The molecule has 1 rings (SSSR count). The molecule has 0 fully saturated rings. The summed E-state index contributed by atoms with van der Waals surface area (Å²) in [4.78, 5) is 0. The standard InChI is InChI=1S/C11H19NO3S/c1-5-16(13,14)12(9(2)3)8-11-7-6-10(4)15-11/h6-7,9H,5,8H2,1-4H3. The molecular formula is C11H19NO3S. The van der Waals surface area contributed by atoms with E-state index in [2.05, 4.69) is 0 Å². The average molecular weight is 245 g/mol. The van der Waals surface area contributed by atoms with Crippen LogP contribution >= 0.6 is 0 Å². The normalized spacial score (nSPS) is 12.6. The predicted molar refractivity (Wildman–Crippen MR) is 63.6 cm³/mol. The Morgan fingerprint density at radius 2 is 2.00 bits per heavy atom. The van der Waals surface area contributed by atoms with E-state index < -0.39 is 10.0 Å². The van der Waals surface area contributed by atoms with E-state index in [0.29, 0.717) is 12.3 Å². The van der Waals surface area contributed by atoms with Gasteiger partial charge in [-0.25, -0.2) is 8.42 Å². The number of rotatable bonds is 5. The third kappa shape index (κ3) is 3.09. The van der Waals surface area contributed by atoms with Crippen molar-refractivity contribution in [3.63, 3.8) is 0 Å². The minimum Gasteiger partial charge on any atom is -0.465 e. The molecule has 0 aliphatic carbocycles. The molecule has 0 spiro atoms. The van der Waals surface area contributed by atoms with Crippen LogP contribution in [0.15, 0.2) is 16.5 Å². The maximum atomic E-state index is 11.8. The number of nitrogens with zero attached hydrogens (tertiary/aromatic N) is 1. The predicted octanol–water partition coefficient (Wildman–Crippen LogP) is 2.15. The van der Waals surface area contributed by atoms with Gasteiger partial charge in [-0.3, -0.25) is 0 Å². The van der Waals surface area contributed by atoms with Crippen LogP contribution in [0.25, 0.3) is 0 Å². The van der Waals surface area contributed by atoms with E-state index in [1.165, 1.54) is 4.31 Å². The maximum Gasteiger partial charge on any atom is 0.214 e. The third-order valence-corrected chi connectivity index (χ3v) is 4.40. The highest BCUT2D eigenvalue weighted by Gasteiger charge is 2.24. The second-order valence-electron chi connectivity index (χ2n) is 4.05. The molecule has 1 heterocycles. The Hall–Kier alpha value is -0.810. The van der Waals surface area contributed by atoms with Crippen molar-refractivity contribution in [2.45, 2.75) is 40.3 Å². The maximum absolute atomic E-state index is 11.8. The fourth-order valence-electron chi connectivity index (χ4n) is 1.49. The van der Waals surface area contributed by atoms with Gasteiger partial charge in [0.15, 0.2) is 0 Å². The second-order valence-corrected chi connectivity index (χ2v) is 6.26. The quantitative estimate of drug-likeness (QED) is 0.798. The summed E-state index contributed by atoms with van der Waals surface area (Å²) in [6.07, 6.45) is 0. The molecule has 4 nitrogen and oxygen atoms in total. The van der Waals surface area contributed by atoms with E-state index in [9.17, 15) is 8.42 Å². The molecule has 0 bridgehead atoms. The molecule has 5 heteroatoms. The van der Waals surface area contributed by atoms with Crippen LogP contribution in [-0.2, 0) is 16.6 Å². The minimum absolute atomic E-state index is 0.0599. The second kappa shape index (κ2) is 5.01. The van der Waals surface area contributed by atoms with Crippen LogP contribution in [0.2, 0.25) is 0 Å². The Morgan fingerprint density at radius 1 is 1.38 bits per heavy atom. The van der Waals surface area contributed by atoms with Gasteiger partial charge in [-0.05, 0) is 39.8 Å². The molecule has 0 atom stereocenters. The molecular weight excluding hydrogens is 226 g/mol. The largest absolute Gasteiger partial charge is 0.465 e. The van der Waals surface area contributed by atoms with Crippen LogP contribution in [0.1, 0.15) is 32.3 Å². The smallest absolute Gasteiger partial charge is 0.214 e. The van der Waals surface area contributed by atoms with E-state index in [1.54, 1.807) is 6.92 Å². The zero-order chi connectivity index (χ0) is 12.3. The fourth-order valence-corrected chi connectivity index (χ4v) is 2.79. The molecule has 0 unspecified atom stereocenters. The highest BCUT2D eigenvalue weighted by molar-refractivity contribution is 7.89. The van der Waals surface area contributed by atoms with Crippen LogP contribution in [-0.4, -0.2) is 24.5 Å². The molecule has 0 aromatic carbocycles. The molecule has 0 saturated heterocycles. The number of hydrogen-bond donors (Lipinski definition) is 0. The first-order valence-corrected chi connectivity index (χ1v) is 7.02. The van der Waals surface area contributed by atoms with Gasteiger partial charge in [0, 0.05) is 6.04 Å². The Kier molecular flexibility index (Phi) is 4.15. The monoisotopic (exact) mass is 245 g/mol. The summed E-state index contributed by atoms with van der Waals surface area (Å²) in [5.41, 5.74) is 0. The lowest BCUT2D eigenvalue weighted by Gasteiger charge is -2.24. The minimum atomic E-state index is -3.18. The van der Waals surface area contributed by atoms with Gasteiger partial charge in [-0.15, -0.1) is 0 Å². The summed E-state index contributed by atoms with van der Waals surface area (Å²) in [5, 5.41) is 0. The van der Waals surface area contributed by atoms with Crippen molar-refractivity contribution < 1.29 is 12.8 Å². The molecule has 0 radical (unpaired) electrons. The Bertz CT molecular complexity index is 434. The molecule has 0 aliphatic rings. The van der Waals surface area contributed by atoms with Gasteiger partial charge >= 0.3 is 0 Å². The van der Waals surface area contributed by atoms with Crippen LogP contribution < -0.4 is 0 Å². The van der Waals surface area contributed by atoms with Crippen LogP contribution in [0.4, 0.5) is 0 Å². The van der Waals surface area contributed by atoms with Gasteiger partial charge in [0.2, 0.25) is 10.0 Å². The Labute approximate surface area is 97.3 Å². The molecule has 0 saturated carbocycles. The molecule has 1 aromatic heterocycles. The number of sulfonamides is 1. The van der Waals surface area contributed by atoms with Gasteiger partial charge in [0.1, 0.15) is 11.5 Å². The van der Waals surface area contributed by atoms with E-state index in [-0.39, 0.29) is 11.8 Å². The summed E-state index contributed by atoms with van der Waals surface area (Å²) in [6.45, 7) is 7.53. The van der Waals surface area contributed by atoms with Crippen LogP contribution in [0, 0.1) is 6.92 Å². The van der Waals surface area contributed by atoms with Crippen LogP contribution in [0.5, 0.6) is 0 Å². The lowest BCUT2D eigenvalue weighted by atomic mass is 10.3. The number of furan rings is 1. The first-order chi connectivity index (χ1) is 7.36. The summed E-state index contributed by atoms with van der Waals surface area (Å²) in [6, 6.07) is 3.60. The summed E-state index contributed by atoms with van der Waals surface area (Å²) in [7, 11) is -3.18. The van der Waals surface area contributed by atoms with Crippen molar-refractivity contribution in [1.82, 2.24) is 4.31 Å². The highest BCUT2D eigenvalue weighted by atomic mass is 32.2. The third-order valence-electron chi connectivity index (χ3n) is 2.41. The zero-order valence-corrected chi connectivity index (χ0v) is 11.0. The fraction of sp³-hybridized carbons (Fsp3) is 0.636. The molecule has 0 amide bonds. The van der Waals surface area contributed by atoms with Crippen molar-refractivity contribution >= 4 is 10.0 Å². The lowest BCUT2D eigenvalue weighted by molar-refractivity contribution is 0.315. The van der Waals surface area contributed by atoms with Crippen molar-refractivity contribution in [2.75, 3.05) is 5.75 Å². The highest BCUT2D eigenvalue weighted by Crippen LogP contribution is 2.15. The summed E-state index contributed by atoms with van der Waals surface area (Å²) >= 11 is 0. The zero-order valence-electron chi connectivity index (χ0n) is 10.2. The molecule has 0 N–H and O–H groups in total. The van der Waals surface area contributed by atoms with Crippen LogP contribution in [0.3, 0.4) is 0 Å². The number of hydrogen-bond acceptors (Lipinski definition) is 3. The molecule has 92 valence electrons. The van der Waals surface area contributed by atoms with Gasteiger partial charge in [-0.2, -0.15) is 4.31 Å². The summed E-state index contributed by atoms with van der Waals surface area (Å²) in [5.74, 6) is 1.60. The molecule has 16 heavy (non-hydrogen) atoms. The van der Waals surface area contributed by atoms with Crippen molar-refractivity contribution in [1.29, 1.82) is 0 Å². The Morgan fingerprint density at radius 3 is 2.38 bits per heavy atom. The first kappa shape index (κ1) is 13.3. The van der Waals surface area contributed by atoms with E-state index in [0.717, 1.165) is 5.76 Å². The topological polar surface area (TPSA) is 50.5 Å². The average Bonchev–Trinajstić information content (AvgIpc) is 2.60. The van der Waals surface area contributed by atoms with Crippen molar-refractivity contribution in [3.8, 4) is 0 Å². The first-order valence-electron chi connectivity index (χ1n) is 5.41. The van der Waals surface area contributed by atoms with Crippen molar-refractivity contribution in [3.05, 3.63) is 23.7 Å². The Balaban J connectivity index is 2.89. The molecule has 0 aliphatic heterocycles. The SMILES string of the molecule is CCS(=O)(=O)N(Cc1ccc(C)o1)C(C)C. The van der Waals surface area contributed by atoms with Crippen molar-refractivity contribution in [2.24, 2.45) is 0 Å². The van der Waals surface area contributed by atoms with E-state index >= 15 is 0 Å². The van der Waals surface area contributed by atoms with Gasteiger partial charge in [0.25, 0.3) is 0 Å². The van der Waals surface area contributed by atoms with Gasteiger partial charge in [0.05, 0.1) is 12.3 Å². The van der Waals surface area contributed by atoms with Gasteiger partial charge in [-0.1, -0.05) is 0 Å². The molecule has 1 aromatic rings. The van der Waals surface area contributed by atoms with E-state index in [4.69, 9.17) is 4.42 Å². The van der Waals surface area contributed by atoms with E-state index in [1.807, 2.05) is 32.9 Å². The summed E-state index contributed by atoms with van der Waals surface area (Å²) < 4.78 is 30.5. The van der Waals surface area contributed by atoms with Gasteiger partial charge < -0.3 is 4.42 Å². The lowest BCUT2D eigenvalue weighted by Crippen LogP contribution is -2.37. The number of aryl methyl sites for hydroxylation is 1.